The molecule has 8 heteroatoms. The van der Waals surface area contributed by atoms with Gasteiger partial charge in [0.15, 0.2) is 5.11 Å². The van der Waals surface area contributed by atoms with Crippen molar-refractivity contribution in [1.29, 1.82) is 0 Å². The first-order chi connectivity index (χ1) is 15.6. The molecule has 32 heavy (non-hydrogen) atoms. The first-order valence-electron chi connectivity index (χ1n) is 9.97. The minimum atomic E-state index is -0.458. The zero-order chi connectivity index (χ0) is 22.8. The smallest absolute Gasteiger partial charge is 0.273 e. The van der Waals surface area contributed by atoms with Crippen LogP contribution in [0.4, 0.5) is 0 Å². The first kappa shape index (κ1) is 22.8. The summed E-state index contributed by atoms with van der Waals surface area (Å²) in [4.78, 5) is 25.1. The zero-order valence-corrected chi connectivity index (χ0v) is 18.3. The number of benzene rings is 3. The fourth-order valence-corrected chi connectivity index (χ4v) is 2.98. The summed E-state index contributed by atoms with van der Waals surface area (Å²) in [5.74, 6) is -0.0348. The topological polar surface area (TPSA) is 88.7 Å². The second-order valence-electron chi connectivity index (χ2n) is 6.56. The lowest BCUT2D eigenvalue weighted by Gasteiger charge is -2.14. The monoisotopic (exact) mass is 449 g/mol. The van der Waals surface area contributed by atoms with Gasteiger partial charge in [0.05, 0.1) is 17.7 Å². The van der Waals surface area contributed by atoms with Crippen molar-refractivity contribution in [1.82, 2.24) is 16.2 Å². The summed E-state index contributed by atoms with van der Waals surface area (Å²) in [6, 6.07) is 23.3. The number of nitrogens with one attached hydrogen (secondary N) is 3. The fourth-order valence-electron chi connectivity index (χ4n) is 2.83. The van der Waals surface area contributed by atoms with E-state index in [1.165, 1.54) is 0 Å². The van der Waals surface area contributed by atoms with Crippen LogP contribution in [0.3, 0.4) is 0 Å². The number of carbonyl (C=O) groups is 2. The molecule has 0 saturated carbocycles. The second-order valence-corrected chi connectivity index (χ2v) is 6.97. The third kappa shape index (κ3) is 6.29. The Balaban J connectivity index is 1.56. The predicted molar refractivity (Wildman–Crippen MR) is 125 cm³/mol. The van der Waals surface area contributed by atoms with E-state index in [2.05, 4.69) is 16.2 Å². The van der Waals surface area contributed by atoms with Gasteiger partial charge in [-0.25, -0.2) is 0 Å². The van der Waals surface area contributed by atoms with Crippen LogP contribution in [0.15, 0.2) is 78.9 Å². The third-order valence-electron chi connectivity index (χ3n) is 4.32. The van der Waals surface area contributed by atoms with E-state index in [4.69, 9.17) is 21.7 Å². The lowest BCUT2D eigenvalue weighted by Crippen LogP contribution is -2.48. The standard InChI is InChI=1S/C24H23N3O4S/c1-2-30-20-14-8-6-12-18(20)22(28)25-24(32)27-26-23(29)19-13-7-9-15-21(19)31-16-17-10-4-3-5-11-17/h3-15H,2,16H2,1H3,(H,26,29)(H2,25,27,28,32). The fraction of sp³-hybridized carbons (Fsp3) is 0.125. The number of hydrogen-bond donors (Lipinski definition) is 3. The normalized spacial score (nSPS) is 10.0. The molecule has 0 aliphatic rings. The van der Waals surface area contributed by atoms with Gasteiger partial charge in [-0.2, -0.15) is 0 Å². The van der Waals surface area contributed by atoms with Gasteiger partial charge in [0, 0.05) is 0 Å². The number of amides is 2. The average molecular weight is 450 g/mol. The summed E-state index contributed by atoms with van der Waals surface area (Å²) in [6.45, 7) is 2.58. The van der Waals surface area contributed by atoms with E-state index >= 15 is 0 Å². The van der Waals surface area contributed by atoms with Crippen LogP contribution in [0.25, 0.3) is 0 Å². The number of carbonyl (C=O) groups excluding carboxylic acids is 2. The molecule has 3 aromatic rings. The van der Waals surface area contributed by atoms with Crippen LogP contribution in [-0.2, 0) is 6.61 Å². The second kappa shape index (κ2) is 11.5. The van der Waals surface area contributed by atoms with Crippen LogP contribution in [-0.4, -0.2) is 23.5 Å². The molecule has 0 unspecified atom stereocenters. The van der Waals surface area contributed by atoms with Crippen LogP contribution in [0.2, 0.25) is 0 Å². The lowest BCUT2D eigenvalue weighted by atomic mass is 10.2. The molecule has 0 heterocycles. The summed E-state index contributed by atoms with van der Waals surface area (Å²) in [6.07, 6.45) is 0. The summed E-state index contributed by atoms with van der Waals surface area (Å²) in [5.41, 5.74) is 6.66. The Bertz CT molecular complexity index is 1090. The van der Waals surface area contributed by atoms with Gasteiger partial charge in [0.2, 0.25) is 0 Å². The minimum Gasteiger partial charge on any atom is -0.493 e. The summed E-state index contributed by atoms with van der Waals surface area (Å²) < 4.78 is 11.3. The number of rotatable bonds is 7. The third-order valence-corrected chi connectivity index (χ3v) is 4.52. The molecule has 0 fully saturated rings. The van der Waals surface area contributed by atoms with Crippen LogP contribution >= 0.6 is 12.2 Å². The highest BCUT2D eigenvalue weighted by Crippen LogP contribution is 2.19. The van der Waals surface area contributed by atoms with Crippen molar-refractivity contribution in [2.45, 2.75) is 13.5 Å². The van der Waals surface area contributed by atoms with E-state index in [1.807, 2.05) is 37.3 Å². The molecule has 164 valence electrons. The Morgan fingerprint density at radius 2 is 1.31 bits per heavy atom. The molecular formula is C24H23N3O4S. The highest BCUT2D eigenvalue weighted by molar-refractivity contribution is 7.80. The van der Waals surface area contributed by atoms with E-state index in [-0.39, 0.29) is 5.11 Å². The van der Waals surface area contributed by atoms with Gasteiger partial charge in [0.25, 0.3) is 11.8 Å². The van der Waals surface area contributed by atoms with Gasteiger partial charge in [-0.15, -0.1) is 0 Å². The number of hydrazine groups is 1. The van der Waals surface area contributed by atoms with Gasteiger partial charge >= 0.3 is 0 Å². The molecule has 0 aromatic heterocycles. The van der Waals surface area contributed by atoms with E-state index in [1.54, 1.807) is 48.5 Å². The molecule has 3 rings (SSSR count). The predicted octanol–water partition coefficient (Wildman–Crippen LogP) is 3.61. The quantitative estimate of drug-likeness (QED) is 0.377. The maximum absolute atomic E-state index is 12.6. The molecule has 3 N–H and O–H groups in total. The maximum Gasteiger partial charge on any atom is 0.273 e. The van der Waals surface area contributed by atoms with Crippen LogP contribution < -0.4 is 25.6 Å². The molecule has 7 nitrogen and oxygen atoms in total. The minimum absolute atomic E-state index is 0.0580. The van der Waals surface area contributed by atoms with Gasteiger partial charge < -0.3 is 9.47 Å². The molecule has 0 saturated heterocycles. The number of para-hydroxylation sites is 2. The van der Waals surface area contributed by atoms with Crippen molar-refractivity contribution in [3.05, 3.63) is 95.6 Å². The van der Waals surface area contributed by atoms with E-state index in [0.29, 0.717) is 35.8 Å². The molecule has 0 radical (unpaired) electrons. The molecule has 3 aromatic carbocycles. The molecule has 0 spiro atoms. The SMILES string of the molecule is CCOc1ccccc1C(=O)NC(=S)NNC(=O)c1ccccc1OCc1ccccc1. The first-order valence-corrected chi connectivity index (χ1v) is 10.4. The number of hydrogen-bond acceptors (Lipinski definition) is 5. The maximum atomic E-state index is 12.6. The van der Waals surface area contributed by atoms with Crippen LogP contribution in [0.1, 0.15) is 33.2 Å². The van der Waals surface area contributed by atoms with E-state index < -0.39 is 11.8 Å². The summed E-state index contributed by atoms with van der Waals surface area (Å²) in [5, 5.41) is 2.46. The van der Waals surface area contributed by atoms with Crippen molar-refractivity contribution in [2.75, 3.05) is 6.61 Å². The largest absolute Gasteiger partial charge is 0.493 e. The van der Waals surface area contributed by atoms with Gasteiger partial charge in [-0.3, -0.25) is 25.8 Å². The van der Waals surface area contributed by atoms with E-state index in [0.717, 1.165) is 5.56 Å². The average Bonchev–Trinajstić information content (AvgIpc) is 2.82. The molecule has 0 bridgehead atoms. The Hall–Kier alpha value is -3.91. The van der Waals surface area contributed by atoms with Crippen molar-refractivity contribution >= 4 is 29.1 Å². The van der Waals surface area contributed by atoms with Crippen LogP contribution in [0, 0.1) is 0 Å². The number of thiocarbonyl (C=S) groups is 1. The summed E-state index contributed by atoms with van der Waals surface area (Å²) in [7, 11) is 0. The Morgan fingerprint density at radius 3 is 1.97 bits per heavy atom. The molecule has 0 aliphatic carbocycles. The molecule has 0 atom stereocenters. The zero-order valence-electron chi connectivity index (χ0n) is 17.5. The van der Waals surface area contributed by atoms with Gasteiger partial charge in [0.1, 0.15) is 18.1 Å². The van der Waals surface area contributed by atoms with Crippen molar-refractivity contribution in [3.63, 3.8) is 0 Å². The molecule has 2 amide bonds. The van der Waals surface area contributed by atoms with Crippen molar-refractivity contribution < 1.29 is 19.1 Å². The van der Waals surface area contributed by atoms with Crippen molar-refractivity contribution in [3.8, 4) is 11.5 Å². The molecular weight excluding hydrogens is 426 g/mol. The highest BCUT2D eigenvalue weighted by Gasteiger charge is 2.15. The van der Waals surface area contributed by atoms with Crippen molar-refractivity contribution in [2.24, 2.45) is 0 Å². The number of ether oxygens (including phenoxy) is 2. The molecule has 0 aliphatic heterocycles. The Labute approximate surface area is 191 Å². The lowest BCUT2D eigenvalue weighted by molar-refractivity contribution is 0.0930. The highest BCUT2D eigenvalue weighted by atomic mass is 32.1. The van der Waals surface area contributed by atoms with Gasteiger partial charge in [-0.05, 0) is 49.0 Å². The van der Waals surface area contributed by atoms with E-state index in [9.17, 15) is 9.59 Å². The Kier molecular flexibility index (Phi) is 8.16. The summed E-state index contributed by atoms with van der Waals surface area (Å²) >= 11 is 5.12. The Morgan fingerprint density at radius 1 is 0.750 bits per heavy atom. The van der Waals surface area contributed by atoms with Gasteiger partial charge in [-0.1, -0.05) is 54.6 Å². The van der Waals surface area contributed by atoms with Crippen LogP contribution in [0.5, 0.6) is 11.5 Å².